The molecule has 1 aliphatic carbocycles. The van der Waals surface area contributed by atoms with Crippen LogP contribution in [0, 0.1) is 17.2 Å². The van der Waals surface area contributed by atoms with Gasteiger partial charge in [0.1, 0.15) is 0 Å². The van der Waals surface area contributed by atoms with Gasteiger partial charge in [-0.05, 0) is 75.0 Å². The summed E-state index contributed by atoms with van der Waals surface area (Å²) in [6.45, 7) is 9.25. The third-order valence-corrected chi connectivity index (χ3v) is 7.22. The molecular formula is C30H41F3N2. The van der Waals surface area contributed by atoms with Crippen molar-refractivity contribution in [1.29, 1.82) is 5.26 Å². The summed E-state index contributed by atoms with van der Waals surface area (Å²) in [5.74, 6) is -1.55. The predicted octanol–water partition coefficient (Wildman–Crippen LogP) is 8.33. The molecule has 0 aromatic heterocycles. The largest absolute Gasteiger partial charge is 0.392 e. The van der Waals surface area contributed by atoms with E-state index >= 15 is 0 Å². The third kappa shape index (κ3) is 9.00. The maximum Gasteiger partial charge on any atom is 0.392 e. The average molecular weight is 487 g/mol. The van der Waals surface area contributed by atoms with Crippen molar-refractivity contribution in [2.45, 2.75) is 96.8 Å². The number of alkyl halides is 3. The van der Waals surface area contributed by atoms with Gasteiger partial charge in [0, 0.05) is 25.6 Å². The van der Waals surface area contributed by atoms with Gasteiger partial charge in [-0.1, -0.05) is 67.9 Å². The van der Waals surface area contributed by atoms with Crippen molar-refractivity contribution >= 4 is 0 Å². The van der Waals surface area contributed by atoms with Crippen molar-refractivity contribution in [2.75, 3.05) is 6.54 Å². The second-order valence-corrected chi connectivity index (χ2v) is 9.82. The van der Waals surface area contributed by atoms with Crippen LogP contribution in [-0.2, 0) is 12.8 Å². The number of nitriles is 1. The number of hydrogen-bond donors (Lipinski definition) is 0. The van der Waals surface area contributed by atoms with Gasteiger partial charge in [-0.3, -0.25) is 4.90 Å². The molecule has 1 aliphatic rings. The first-order chi connectivity index (χ1) is 16.7. The van der Waals surface area contributed by atoms with Gasteiger partial charge in [0.2, 0.25) is 0 Å². The molecule has 0 amide bonds. The lowest BCUT2D eigenvalue weighted by molar-refractivity contribution is -0.176. The highest BCUT2D eigenvalue weighted by Gasteiger charge is 2.47. The molecule has 0 aliphatic heterocycles. The summed E-state index contributed by atoms with van der Waals surface area (Å²) in [5.41, 5.74) is 3.44. The zero-order valence-corrected chi connectivity index (χ0v) is 21.7. The molecule has 2 aromatic carbocycles. The highest BCUT2D eigenvalue weighted by molar-refractivity contribution is 5.27. The van der Waals surface area contributed by atoms with Gasteiger partial charge in [0.05, 0.1) is 12.0 Å². The van der Waals surface area contributed by atoms with Crippen LogP contribution in [0.25, 0.3) is 0 Å². The minimum Gasteiger partial charge on any atom is -0.298 e. The second-order valence-electron chi connectivity index (χ2n) is 9.82. The smallest absolute Gasteiger partial charge is 0.298 e. The molecule has 0 saturated heterocycles. The molecular weight excluding hydrogens is 445 g/mol. The van der Waals surface area contributed by atoms with Crippen LogP contribution in [0.15, 0.2) is 54.6 Å². The third-order valence-electron chi connectivity index (χ3n) is 7.22. The van der Waals surface area contributed by atoms with Crippen LogP contribution in [0.3, 0.4) is 0 Å². The predicted molar refractivity (Wildman–Crippen MR) is 138 cm³/mol. The number of nitrogens with zero attached hydrogens (tertiary/aromatic N) is 2. The van der Waals surface area contributed by atoms with Crippen LogP contribution in [0.4, 0.5) is 13.2 Å². The number of halogens is 3. The van der Waals surface area contributed by atoms with E-state index in [1.807, 2.05) is 12.1 Å². The van der Waals surface area contributed by atoms with E-state index in [0.717, 1.165) is 37.8 Å². The molecule has 3 atom stereocenters. The van der Waals surface area contributed by atoms with Crippen LogP contribution in [0.5, 0.6) is 0 Å². The van der Waals surface area contributed by atoms with Crippen molar-refractivity contribution < 1.29 is 13.2 Å². The molecule has 2 nitrogen and oxygen atoms in total. The van der Waals surface area contributed by atoms with Gasteiger partial charge >= 0.3 is 6.18 Å². The molecule has 0 heterocycles. The summed E-state index contributed by atoms with van der Waals surface area (Å²) >= 11 is 0. The number of rotatable bonds is 10. The maximum atomic E-state index is 13.3. The minimum atomic E-state index is -4.09. The Morgan fingerprint density at radius 3 is 2.11 bits per heavy atom. The topological polar surface area (TPSA) is 27.0 Å². The fraction of sp³-hybridized carbons (Fsp3) is 0.567. The summed E-state index contributed by atoms with van der Waals surface area (Å²) in [4.78, 5) is 2.60. The molecule has 5 heteroatoms. The number of benzene rings is 2. The van der Waals surface area contributed by atoms with Gasteiger partial charge in [-0.15, -0.1) is 0 Å². The fourth-order valence-corrected chi connectivity index (χ4v) is 5.39. The van der Waals surface area contributed by atoms with Crippen LogP contribution >= 0.6 is 0 Å². The normalized spacial score (nSPS) is 18.7. The molecule has 3 unspecified atom stereocenters. The SMILES string of the molecule is CC#N.CCC(CCc1ccc(C2CCCC2C(F)(F)F)cc1)N(CCc1ccccc1)C(C)C. The van der Waals surface area contributed by atoms with Gasteiger partial charge in [0.25, 0.3) is 0 Å². The van der Waals surface area contributed by atoms with E-state index in [2.05, 4.69) is 68.1 Å². The second kappa shape index (κ2) is 14.3. The first-order valence-electron chi connectivity index (χ1n) is 13.0. The van der Waals surface area contributed by atoms with Crippen molar-refractivity contribution in [3.05, 3.63) is 71.3 Å². The summed E-state index contributed by atoms with van der Waals surface area (Å²) in [6, 6.07) is 21.4. The van der Waals surface area contributed by atoms with Crippen LogP contribution in [-0.4, -0.2) is 29.7 Å². The number of aryl methyl sites for hydroxylation is 1. The Labute approximate surface area is 210 Å². The van der Waals surface area contributed by atoms with E-state index in [9.17, 15) is 13.2 Å². The molecule has 3 rings (SSSR count). The maximum absolute atomic E-state index is 13.3. The van der Waals surface area contributed by atoms with E-state index < -0.39 is 12.1 Å². The highest BCUT2D eigenvalue weighted by atomic mass is 19.4. The lowest BCUT2D eigenvalue weighted by atomic mass is 9.87. The molecule has 192 valence electrons. The highest BCUT2D eigenvalue weighted by Crippen LogP contribution is 2.48. The Kier molecular flexibility index (Phi) is 11.8. The van der Waals surface area contributed by atoms with Crippen LogP contribution in [0.2, 0.25) is 0 Å². The number of hydrogen-bond acceptors (Lipinski definition) is 2. The van der Waals surface area contributed by atoms with E-state index in [1.54, 1.807) is 6.07 Å². The van der Waals surface area contributed by atoms with Gasteiger partial charge in [-0.2, -0.15) is 18.4 Å². The summed E-state index contributed by atoms with van der Waals surface area (Å²) < 4.78 is 40.0. The zero-order valence-electron chi connectivity index (χ0n) is 21.7. The lowest BCUT2D eigenvalue weighted by Crippen LogP contribution is -2.41. The summed E-state index contributed by atoms with van der Waals surface area (Å²) in [5, 5.41) is 7.32. The molecule has 0 bridgehead atoms. The van der Waals surface area contributed by atoms with Gasteiger partial charge in [-0.25, -0.2) is 0 Å². The van der Waals surface area contributed by atoms with Crippen molar-refractivity contribution in [3.8, 4) is 6.07 Å². The van der Waals surface area contributed by atoms with E-state index in [0.29, 0.717) is 24.9 Å². The molecule has 1 saturated carbocycles. The standard InChI is InChI=1S/C28H38F3N.C2H3N/c1-4-25(32(21(2)3)20-19-22-9-6-5-7-10-22)18-15-23-13-16-24(17-14-23)26-11-8-12-27(26)28(29,30)31;1-2-3/h5-7,9-10,13-14,16-17,21,25-27H,4,8,11-12,15,18-20H2,1-3H3;1H3. The Bertz CT molecular complexity index is 885. The van der Waals surface area contributed by atoms with Gasteiger partial charge < -0.3 is 0 Å². The lowest BCUT2D eigenvalue weighted by Gasteiger charge is -2.35. The molecule has 0 spiro atoms. The summed E-state index contributed by atoms with van der Waals surface area (Å²) in [7, 11) is 0. The first-order valence-corrected chi connectivity index (χ1v) is 13.0. The van der Waals surface area contributed by atoms with Gasteiger partial charge in [0.15, 0.2) is 0 Å². The molecule has 1 fully saturated rings. The zero-order chi connectivity index (χ0) is 25.8. The molecule has 2 aromatic rings. The summed E-state index contributed by atoms with van der Waals surface area (Å²) in [6.07, 6.45) is 1.66. The van der Waals surface area contributed by atoms with Crippen molar-refractivity contribution in [2.24, 2.45) is 5.92 Å². The Morgan fingerprint density at radius 2 is 1.57 bits per heavy atom. The fourth-order valence-electron chi connectivity index (χ4n) is 5.39. The average Bonchev–Trinajstić information content (AvgIpc) is 3.33. The Morgan fingerprint density at radius 1 is 0.971 bits per heavy atom. The van der Waals surface area contributed by atoms with Crippen molar-refractivity contribution in [3.63, 3.8) is 0 Å². The first kappa shape index (κ1) is 28.9. The van der Waals surface area contributed by atoms with E-state index in [4.69, 9.17) is 5.26 Å². The van der Waals surface area contributed by atoms with Crippen LogP contribution < -0.4 is 0 Å². The molecule has 0 N–H and O–H groups in total. The van der Waals surface area contributed by atoms with Crippen LogP contribution in [0.1, 0.15) is 82.4 Å². The Hall–Kier alpha value is -2.32. The molecule has 35 heavy (non-hydrogen) atoms. The minimum absolute atomic E-state index is 0.266. The molecule has 0 radical (unpaired) electrons. The monoisotopic (exact) mass is 486 g/mol. The van der Waals surface area contributed by atoms with Crippen molar-refractivity contribution in [1.82, 2.24) is 4.90 Å². The Balaban J connectivity index is 0.00000137. The van der Waals surface area contributed by atoms with E-state index in [1.165, 1.54) is 18.1 Å². The van der Waals surface area contributed by atoms with E-state index in [-0.39, 0.29) is 12.3 Å². The quantitative estimate of drug-likeness (QED) is 0.337.